The summed E-state index contributed by atoms with van der Waals surface area (Å²) in [6.07, 6.45) is 1.87. The van der Waals surface area contributed by atoms with Gasteiger partial charge in [-0.2, -0.15) is 0 Å². The summed E-state index contributed by atoms with van der Waals surface area (Å²) in [4.78, 5) is 12.7. The number of thioether (sulfide) groups is 1. The maximum Gasteiger partial charge on any atom is 0.277 e. The number of nitrogens with zero attached hydrogens (tertiary/aromatic N) is 3. The summed E-state index contributed by atoms with van der Waals surface area (Å²) in [6, 6.07) is 15.2. The van der Waals surface area contributed by atoms with Gasteiger partial charge in [0.2, 0.25) is 5.89 Å². The standard InChI is InChI=1S/C20H17N3O3S/c1-23-11-16(15-5-3-4-6-17(15)23)18(24)12-27-20-22-21-19(26-20)13-7-9-14(25-2)10-8-13/h3-11H,12H2,1-2H3. The molecule has 2 heterocycles. The van der Waals surface area contributed by atoms with E-state index < -0.39 is 0 Å². The third kappa shape index (κ3) is 3.46. The lowest BCUT2D eigenvalue weighted by molar-refractivity contribution is 0.102. The molecule has 0 radical (unpaired) electrons. The molecule has 0 atom stereocenters. The van der Waals surface area contributed by atoms with E-state index >= 15 is 0 Å². The average Bonchev–Trinajstić information content (AvgIpc) is 3.31. The van der Waals surface area contributed by atoms with Crippen molar-refractivity contribution in [3.63, 3.8) is 0 Å². The Labute approximate surface area is 160 Å². The van der Waals surface area contributed by atoms with E-state index in [1.165, 1.54) is 11.8 Å². The largest absolute Gasteiger partial charge is 0.497 e. The second-order valence-corrected chi connectivity index (χ2v) is 6.91. The molecule has 2 aromatic heterocycles. The minimum atomic E-state index is 0.0287. The van der Waals surface area contributed by atoms with Crippen LogP contribution in [0.2, 0.25) is 0 Å². The van der Waals surface area contributed by atoms with E-state index in [9.17, 15) is 4.79 Å². The zero-order chi connectivity index (χ0) is 18.8. The summed E-state index contributed by atoms with van der Waals surface area (Å²) < 4.78 is 12.8. The van der Waals surface area contributed by atoms with Gasteiger partial charge in [-0.1, -0.05) is 30.0 Å². The Morgan fingerprint density at radius 1 is 1.15 bits per heavy atom. The number of aromatic nitrogens is 3. The second kappa shape index (κ2) is 7.28. The molecule has 7 heteroatoms. The van der Waals surface area contributed by atoms with Crippen molar-refractivity contribution in [3.05, 3.63) is 60.3 Å². The van der Waals surface area contributed by atoms with Crippen LogP contribution in [0, 0.1) is 0 Å². The number of benzene rings is 2. The van der Waals surface area contributed by atoms with E-state index in [4.69, 9.17) is 9.15 Å². The Morgan fingerprint density at radius 2 is 1.93 bits per heavy atom. The zero-order valence-electron chi connectivity index (χ0n) is 14.9. The van der Waals surface area contributed by atoms with E-state index in [1.54, 1.807) is 7.11 Å². The molecule has 0 saturated carbocycles. The third-order valence-electron chi connectivity index (χ3n) is 4.27. The Hall–Kier alpha value is -3.06. The molecule has 136 valence electrons. The average molecular weight is 379 g/mol. The van der Waals surface area contributed by atoms with Crippen LogP contribution in [0.4, 0.5) is 0 Å². The van der Waals surface area contributed by atoms with E-state index in [0.717, 1.165) is 22.2 Å². The van der Waals surface area contributed by atoms with Crippen molar-refractivity contribution < 1.29 is 13.9 Å². The first-order chi connectivity index (χ1) is 13.2. The van der Waals surface area contributed by atoms with Crippen LogP contribution in [0.5, 0.6) is 5.75 Å². The van der Waals surface area contributed by atoms with Gasteiger partial charge < -0.3 is 13.7 Å². The van der Waals surface area contributed by atoms with Gasteiger partial charge in [-0.25, -0.2) is 0 Å². The molecule has 27 heavy (non-hydrogen) atoms. The highest BCUT2D eigenvalue weighted by Gasteiger charge is 2.16. The van der Waals surface area contributed by atoms with E-state index in [1.807, 2.05) is 66.3 Å². The van der Waals surface area contributed by atoms with E-state index in [0.29, 0.717) is 16.7 Å². The van der Waals surface area contributed by atoms with E-state index in [-0.39, 0.29) is 11.5 Å². The fraction of sp³-hybridized carbons (Fsp3) is 0.150. The molecule has 2 aromatic carbocycles. The summed E-state index contributed by atoms with van der Waals surface area (Å²) in [7, 11) is 3.55. The fourth-order valence-electron chi connectivity index (χ4n) is 2.89. The number of aryl methyl sites for hydroxylation is 1. The van der Waals surface area contributed by atoms with Crippen LogP contribution >= 0.6 is 11.8 Å². The number of fused-ring (bicyclic) bond motifs is 1. The maximum atomic E-state index is 12.7. The minimum Gasteiger partial charge on any atom is -0.497 e. The molecule has 0 saturated heterocycles. The van der Waals surface area contributed by atoms with Gasteiger partial charge in [0.15, 0.2) is 5.78 Å². The van der Waals surface area contributed by atoms with Crippen LogP contribution in [-0.2, 0) is 7.05 Å². The zero-order valence-corrected chi connectivity index (χ0v) is 15.7. The molecule has 0 aliphatic heterocycles. The van der Waals surface area contributed by atoms with Gasteiger partial charge in [-0.15, -0.1) is 10.2 Å². The lowest BCUT2D eigenvalue weighted by atomic mass is 10.1. The number of para-hydroxylation sites is 1. The van der Waals surface area contributed by atoms with Crippen molar-refractivity contribution in [3.8, 4) is 17.2 Å². The van der Waals surface area contributed by atoms with Crippen molar-refractivity contribution in [1.82, 2.24) is 14.8 Å². The Bertz CT molecular complexity index is 1100. The molecule has 0 fully saturated rings. The van der Waals surface area contributed by atoms with E-state index in [2.05, 4.69) is 10.2 Å². The first kappa shape index (κ1) is 17.4. The summed E-state index contributed by atoms with van der Waals surface area (Å²) in [5.74, 6) is 1.44. The maximum absolute atomic E-state index is 12.7. The Balaban J connectivity index is 1.47. The van der Waals surface area contributed by atoms with Crippen molar-refractivity contribution in [2.24, 2.45) is 7.05 Å². The van der Waals surface area contributed by atoms with Gasteiger partial charge in [-0.05, 0) is 30.3 Å². The molecule has 0 aliphatic rings. The van der Waals surface area contributed by atoms with Crippen molar-refractivity contribution in [2.75, 3.05) is 12.9 Å². The molecular formula is C20H17N3O3S. The number of carbonyl (C=O) groups is 1. The van der Waals surface area contributed by atoms with Crippen LogP contribution in [0.1, 0.15) is 10.4 Å². The molecule has 0 N–H and O–H groups in total. The number of carbonyl (C=O) groups excluding carboxylic acids is 1. The number of Topliss-reactive ketones (excluding diaryl/α,β-unsaturated/α-hetero) is 1. The molecule has 0 unspecified atom stereocenters. The first-order valence-corrected chi connectivity index (χ1v) is 9.32. The van der Waals surface area contributed by atoms with Crippen molar-refractivity contribution >= 4 is 28.4 Å². The summed E-state index contributed by atoms with van der Waals surface area (Å²) >= 11 is 1.24. The molecule has 0 spiro atoms. The topological polar surface area (TPSA) is 70.2 Å². The SMILES string of the molecule is COc1ccc(-c2nnc(SCC(=O)c3cn(C)c4ccccc34)o2)cc1. The third-order valence-corrected chi connectivity index (χ3v) is 5.09. The van der Waals surface area contributed by atoms with Crippen LogP contribution < -0.4 is 4.74 Å². The normalized spacial score (nSPS) is 11.0. The van der Waals surface area contributed by atoms with Crippen LogP contribution in [0.3, 0.4) is 0 Å². The lowest BCUT2D eigenvalue weighted by Crippen LogP contribution is -2.01. The quantitative estimate of drug-likeness (QED) is 0.369. The predicted octanol–water partition coefficient (Wildman–Crippen LogP) is 4.21. The smallest absolute Gasteiger partial charge is 0.277 e. The summed E-state index contributed by atoms with van der Waals surface area (Å²) in [5, 5.41) is 9.40. The van der Waals surface area contributed by atoms with Crippen LogP contribution in [0.25, 0.3) is 22.4 Å². The molecule has 0 bridgehead atoms. The molecular weight excluding hydrogens is 362 g/mol. The lowest BCUT2D eigenvalue weighted by Gasteiger charge is -1.99. The number of rotatable bonds is 6. The van der Waals surface area contributed by atoms with Crippen LogP contribution in [0.15, 0.2) is 64.4 Å². The van der Waals surface area contributed by atoms with Gasteiger partial charge in [-0.3, -0.25) is 4.79 Å². The van der Waals surface area contributed by atoms with Crippen molar-refractivity contribution in [2.45, 2.75) is 5.22 Å². The first-order valence-electron chi connectivity index (χ1n) is 8.33. The fourth-order valence-corrected chi connectivity index (χ4v) is 3.53. The highest BCUT2D eigenvalue weighted by atomic mass is 32.2. The van der Waals surface area contributed by atoms with Crippen molar-refractivity contribution in [1.29, 1.82) is 0 Å². The summed E-state index contributed by atoms with van der Waals surface area (Å²) in [5.41, 5.74) is 2.54. The monoisotopic (exact) mass is 379 g/mol. The van der Waals surface area contributed by atoms with Gasteiger partial charge in [0.25, 0.3) is 5.22 Å². The minimum absolute atomic E-state index is 0.0287. The predicted molar refractivity (Wildman–Crippen MR) is 104 cm³/mol. The highest BCUT2D eigenvalue weighted by molar-refractivity contribution is 7.99. The van der Waals surface area contributed by atoms with Gasteiger partial charge >= 0.3 is 0 Å². The van der Waals surface area contributed by atoms with Gasteiger partial charge in [0.1, 0.15) is 5.75 Å². The number of ketones is 1. The Kier molecular flexibility index (Phi) is 4.68. The molecule has 4 rings (SSSR count). The number of methoxy groups -OCH3 is 1. The Morgan fingerprint density at radius 3 is 2.70 bits per heavy atom. The number of ether oxygens (including phenoxy) is 1. The second-order valence-electron chi connectivity index (χ2n) is 5.98. The number of hydrogen-bond donors (Lipinski definition) is 0. The molecule has 6 nitrogen and oxygen atoms in total. The molecule has 4 aromatic rings. The van der Waals surface area contributed by atoms with Gasteiger partial charge in [0, 0.05) is 35.3 Å². The number of hydrogen-bond acceptors (Lipinski definition) is 6. The molecule has 0 aliphatic carbocycles. The summed E-state index contributed by atoms with van der Waals surface area (Å²) in [6.45, 7) is 0. The van der Waals surface area contributed by atoms with Gasteiger partial charge in [0.05, 0.1) is 12.9 Å². The molecule has 0 amide bonds. The highest BCUT2D eigenvalue weighted by Crippen LogP contribution is 2.27. The van der Waals surface area contributed by atoms with Crippen LogP contribution in [-0.4, -0.2) is 33.4 Å².